The summed E-state index contributed by atoms with van der Waals surface area (Å²) in [5, 5.41) is 12.4. The van der Waals surface area contributed by atoms with Crippen LogP contribution in [-0.2, 0) is 23.0 Å². The average Bonchev–Trinajstić information content (AvgIpc) is 3.48. The number of benzene rings is 1. The van der Waals surface area contributed by atoms with E-state index in [4.69, 9.17) is 4.99 Å². The second-order valence-electron chi connectivity index (χ2n) is 9.63. The summed E-state index contributed by atoms with van der Waals surface area (Å²) in [7, 11) is 0. The molecule has 1 amide bonds. The minimum Gasteiger partial charge on any atom is -0.391 e. The highest BCUT2D eigenvalue weighted by molar-refractivity contribution is 9.10. The first-order valence-corrected chi connectivity index (χ1v) is 12.1. The van der Waals surface area contributed by atoms with Gasteiger partial charge in [0.1, 0.15) is 22.9 Å². The van der Waals surface area contributed by atoms with Crippen molar-refractivity contribution >= 4 is 33.4 Å². The number of hydrogen-bond acceptors (Lipinski definition) is 5. The van der Waals surface area contributed by atoms with Crippen LogP contribution in [0.4, 0.5) is 23.2 Å². The van der Waals surface area contributed by atoms with Crippen LogP contribution in [0, 0.1) is 5.82 Å². The Morgan fingerprint density at radius 1 is 1.17 bits per heavy atom. The van der Waals surface area contributed by atoms with E-state index < -0.39 is 35.2 Å². The van der Waals surface area contributed by atoms with Gasteiger partial charge >= 0.3 is 6.18 Å². The van der Waals surface area contributed by atoms with E-state index in [-0.39, 0.29) is 17.3 Å². The summed E-state index contributed by atoms with van der Waals surface area (Å²) in [5.41, 5.74) is -1.04. The fourth-order valence-corrected chi connectivity index (χ4v) is 5.24. The number of amidine groups is 1. The number of hydrogen-bond donors (Lipinski definition) is 2. The number of amides is 1. The maximum Gasteiger partial charge on any atom is 0.433 e. The van der Waals surface area contributed by atoms with Crippen molar-refractivity contribution in [2.75, 3.05) is 18.0 Å². The lowest BCUT2D eigenvalue weighted by Crippen LogP contribution is -2.49. The number of aliphatic hydroxyl groups excluding tert-OH is 1. The van der Waals surface area contributed by atoms with Crippen molar-refractivity contribution in [3.05, 3.63) is 57.1 Å². The van der Waals surface area contributed by atoms with Gasteiger partial charge in [-0.15, -0.1) is 0 Å². The van der Waals surface area contributed by atoms with Crippen molar-refractivity contribution in [1.82, 2.24) is 10.3 Å². The van der Waals surface area contributed by atoms with Gasteiger partial charge in [-0.3, -0.25) is 9.79 Å². The number of carbonyl (C=O) groups is 1. The van der Waals surface area contributed by atoms with Crippen LogP contribution in [0.2, 0.25) is 0 Å². The highest BCUT2D eigenvalue weighted by atomic mass is 79.9. The lowest BCUT2D eigenvalue weighted by molar-refractivity contribution is -0.141. The Kier molecular flexibility index (Phi) is 5.71. The predicted octanol–water partition coefficient (Wildman–Crippen LogP) is 4.46. The van der Waals surface area contributed by atoms with Gasteiger partial charge in [0.25, 0.3) is 5.91 Å². The smallest absolute Gasteiger partial charge is 0.391 e. The number of anilines is 1. The second kappa shape index (κ2) is 8.26. The Balaban J connectivity index is 1.44. The molecule has 2 aromatic rings. The number of carbonyl (C=O) groups excluding carboxylic acids is 1. The van der Waals surface area contributed by atoms with Gasteiger partial charge in [0, 0.05) is 39.8 Å². The lowest BCUT2D eigenvalue weighted by atomic mass is 9.87. The molecule has 2 N–H and O–H groups in total. The molecule has 0 atom stereocenters. The highest BCUT2D eigenvalue weighted by Gasteiger charge is 2.49. The van der Waals surface area contributed by atoms with Gasteiger partial charge in [-0.1, -0.05) is 22.9 Å². The quantitative estimate of drug-likeness (QED) is 0.547. The molecular formula is C24H23BrF4N4O2. The molecule has 1 saturated heterocycles. The van der Waals surface area contributed by atoms with E-state index in [1.54, 1.807) is 6.07 Å². The monoisotopic (exact) mass is 554 g/mol. The van der Waals surface area contributed by atoms with E-state index in [1.165, 1.54) is 12.1 Å². The van der Waals surface area contributed by atoms with Crippen molar-refractivity contribution in [2.24, 2.45) is 4.99 Å². The topological polar surface area (TPSA) is 77.8 Å². The molecule has 3 aliphatic rings. The summed E-state index contributed by atoms with van der Waals surface area (Å²) < 4.78 is 54.8. The van der Waals surface area contributed by atoms with Gasteiger partial charge in [-0.2, -0.15) is 13.2 Å². The number of halogens is 5. The van der Waals surface area contributed by atoms with Crippen molar-refractivity contribution in [3.63, 3.8) is 0 Å². The molecule has 1 aliphatic carbocycles. The number of alkyl halides is 3. The first kappa shape index (κ1) is 24.2. The van der Waals surface area contributed by atoms with E-state index in [9.17, 15) is 27.5 Å². The molecule has 2 fully saturated rings. The molecule has 1 aromatic carbocycles. The van der Waals surface area contributed by atoms with Crippen LogP contribution in [0.25, 0.3) is 0 Å². The van der Waals surface area contributed by atoms with Gasteiger partial charge in [0.2, 0.25) is 0 Å². The maximum absolute atomic E-state index is 14.3. The van der Waals surface area contributed by atoms with Crippen LogP contribution >= 0.6 is 15.9 Å². The standard InChI is InChI=1S/C24H23BrF4N4O2/c1-22(4-5-22)19-14(2-3-18(30-19)24(27,28)29)20-31-21(35)23(32-20)6-8-33(9-7-23)17-11-13(25)10-16(26)15(17)12-34/h2-3,10-11,34H,4-9,12H2,1H3,(H,31,32,35). The molecule has 1 spiro atoms. The third-order valence-electron chi connectivity index (χ3n) is 7.22. The molecule has 0 unspecified atom stereocenters. The Labute approximate surface area is 207 Å². The Hall–Kier alpha value is -2.53. The Morgan fingerprint density at radius 3 is 2.46 bits per heavy atom. The molecule has 11 heteroatoms. The maximum atomic E-state index is 14.3. The molecule has 186 valence electrons. The van der Waals surface area contributed by atoms with Gasteiger partial charge in [0.15, 0.2) is 0 Å². The van der Waals surface area contributed by atoms with Crippen LogP contribution in [-0.4, -0.2) is 40.5 Å². The molecule has 2 aliphatic heterocycles. The minimum atomic E-state index is -4.56. The number of aliphatic hydroxyl groups is 1. The van der Waals surface area contributed by atoms with Gasteiger partial charge in [-0.05, 0) is 49.9 Å². The number of rotatable bonds is 4. The predicted molar refractivity (Wildman–Crippen MR) is 125 cm³/mol. The number of nitrogens with one attached hydrogen (secondary N) is 1. The van der Waals surface area contributed by atoms with Crippen LogP contribution in [0.1, 0.15) is 55.1 Å². The second-order valence-corrected chi connectivity index (χ2v) is 10.5. The molecule has 0 radical (unpaired) electrons. The fourth-order valence-electron chi connectivity index (χ4n) is 4.82. The zero-order valence-electron chi connectivity index (χ0n) is 18.8. The minimum absolute atomic E-state index is 0.183. The van der Waals surface area contributed by atoms with E-state index >= 15 is 0 Å². The van der Waals surface area contributed by atoms with Gasteiger partial charge in [0.05, 0.1) is 12.3 Å². The van der Waals surface area contributed by atoms with Crippen molar-refractivity contribution < 1.29 is 27.5 Å². The summed E-state index contributed by atoms with van der Waals surface area (Å²) in [4.78, 5) is 23.6. The molecule has 5 rings (SSSR count). The fraction of sp³-hybridized carbons (Fsp3) is 0.458. The number of piperidine rings is 1. The molecule has 3 heterocycles. The third kappa shape index (κ3) is 4.22. The number of nitrogens with zero attached hydrogens (tertiary/aromatic N) is 3. The van der Waals surface area contributed by atoms with Crippen molar-refractivity contribution in [2.45, 2.75) is 56.3 Å². The first-order chi connectivity index (χ1) is 16.5. The zero-order chi connectivity index (χ0) is 25.2. The summed E-state index contributed by atoms with van der Waals surface area (Å²) in [6.45, 7) is 2.19. The number of aliphatic imine (C=N–C) groups is 1. The van der Waals surface area contributed by atoms with Crippen LogP contribution in [0.5, 0.6) is 0 Å². The van der Waals surface area contributed by atoms with Gasteiger partial charge in [-0.25, -0.2) is 9.37 Å². The van der Waals surface area contributed by atoms with E-state index in [2.05, 4.69) is 26.2 Å². The third-order valence-corrected chi connectivity index (χ3v) is 7.68. The largest absolute Gasteiger partial charge is 0.433 e. The van der Waals surface area contributed by atoms with E-state index in [0.717, 1.165) is 6.07 Å². The Morgan fingerprint density at radius 2 is 1.86 bits per heavy atom. The van der Waals surface area contributed by atoms with Crippen molar-refractivity contribution in [3.8, 4) is 0 Å². The highest BCUT2D eigenvalue weighted by Crippen LogP contribution is 2.49. The number of aromatic nitrogens is 1. The number of pyridine rings is 1. The van der Waals surface area contributed by atoms with Crippen LogP contribution in [0.3, 0.4) is 0 Å². The Bertz CT molecular complexity index is 1230. The molecular weight excluding hydrogens is 532 g/mol. The average molecular weight is 555 g/mol. The lowest BCUT2D eigenvalue weighted by Gasteiger charge is -2.37. The SMILES string of the molecule is CC1(c2nc(C(F)(F)F)ccc2C2=NC3(CCN(c4cc(Br)cc(F)c4CO)CC3)C(=O)N2)CC1. The normalized spacial score (nSPS) is 20.7. The van der Waals surface area contributed by atoms with Gasteiger partial charge < -0.3 is 15.3 Å². The van der Waals surface area contributed by atoms with Crippen LogP contribution < -0.4 is 10.2 Å². The molecule has 1 saturated carbocycles. The summed E-state index contributed by atoms with van der Waals surface area (Å²) in [6, 6.07) is 5.29. The molecule has 1 aromatic heterocycles. The zero-order valence-corrected chi connectivity index (χ0v) is 20.4. The van der Waals surface area contributed by atoms with E-state index in [0.29, 0.717) is 60.2 Å². The molecule has 35 heavy (non-hydrogen) atoms. The van der Waals surface area contributed by atoms with E-state index in [1.807, 2.05) is 11.8 Å². The molecule has 0 bridgehead atoms. The van der Waals surface area contributed by atoms with Crippen molar-refractivity contribution in [1.29, 1.82) is 0 Å². The summed E-state index contributed by atoms with van der Waals surface area (Å²) in [5.74, 6) is -0.578. The first-order valence-electron chi connectivity index (χ1n) is 11.3. The molecule has 6 nitrogen and oxygen atoms in total. The summed E-state index contributed by atoms with van der Waals surface area (Å²) in [6.07, 6.45) is -2.46. The van der Waals surface area contributed by atoms with Crippen LogP contribution in [0.15, 0.2) is 33.7 Å². The summed E-state index contributed by atoms with van der Waals surface area (Å²) >= 11 is 3.28.